The average Bonchev–Trinajstić information content (AvgIpc) is 3.13. The summed E-state index contributed by atoms with van der Waals surface area (Å²) in [6, 6.07) is 10.1. The molecule has 0 fully saturated rings. The van der Waals surface area contributed by atoms with Crippen molar-refractivity contribution in [2.75, 3.05) is 13.2 Å². The van der Waals surface area contributed by atoms with Crippen molar-refractivity contribution in [1.29, 1.82) is 0 Å². The van der Waals surface area contributed by atoms with Crippen molar-refractivity contribution in [3.05, 3.63) is 59.0 Å². The third-order valence-electron chi connectivity index (χ3n) is 3.66. The molecule has 0 atom stereocenters. The van der Waals surface area contributed by atoms with E-state index < -0.39 is 18.7 Å². The molecule has 11 heteroatoms. The van der Waals surface area contributed by atoms with Crippen molar-refractivity contribution < 1.29 is 27.1 Å². The van der Waals surface area contributed by atoms with E-state index in [2.05, 4.69) is 20.4 Å². The Morgan fingerprint density at radius 2 is 1.80 bits per heavy atom. The van der Waals surface area contributed by atoms with Crippen LogP contribution >= 0.6 is 24.0 Å². The van der Waals surface area contributed by atoms with E-state index in [-0.39, 0.29) is 36.3 Å². The molecular weight excluding hydrogens is 516 g/mol. The number of carbonyl (C=O) groups is 1. The molecule has 0 saturated heterocycles. The highest BCUT2D eigenvalue weighted by Crippen LogP contribution is 2.16. The van der Waals surface area contributed by atoms with Crippen LogP contribution in [-0.4, -0.2) is 31.2 Å². The Labute approximate surface area is 189 Å². The van der Waals surface area contributed by atoms with Crippen LogP contribution < -0.4 is 16.4 Å². The first kappa shape index (κ1) is 25.8. The summed E-state index contributed by atoms with van der Waals surface area (Å²) in [5.74, 6) is 0.529. The lowest BCUT2D eigenvalue weighted by Gasteiger charge is -2.10. The predicted octanol–water partition coefficient (Wildman–Crippen LogP) is 3.33. The molecule has 0 bridgehead atoms. The molecule has 1 aromatic heterocycles. The molecule has 0 aliphatic rings. The number of aliphatic imine (C=N–C) groups is 1. The largest absolute Gasteiger partial charge is 0.454 e. The lowest BCUT2D eigenvalue weighted by atomic mass is 10.1. The second-order valence-corrected chi connectivity index (χ2v) is 6.10. The summed E-state index contributed by atoms with van der Waals surface area (Å²) in [6.07, 6.45) is -4.33. The fraction of sp³-hybridized carbons (Fsp3) is 0.368. The van der Waals surface area contributed by atoms with E-state index in [1.54, 1.807) is 30.3 Å². The van der Waals surface area contributed by atoms with E-state index in [4.69, 9.17) is 10.2 Å². The monoisotopic (exact) mass is 540 g/mol. The Bertz CT molecular complexity index is 823. The van der Waals surface area contributed by atoms with Gasteiger partial charge in [0, 0.05) is 6.54 Å². The molecule has 30 heavy (non-hydrogen) atoms. The highest BCUT2D eigenvalue weighted by atomic mass is 127. The summed E-state index contributed by atoms with van der Waals surface area (Å²) in [6.45, 7) is 1.87. The summed E-state index contributed by atoms with van der Waals surface area (Å²) in [4.78, 5) is 15.5. The molecule has 1 heterocycles. The van der Waals surface area contributed by atoms with Crippen molar-refractivity contribution in [2.24, 2.45) is 10.7 Å². The summed E-state index contributed by atoms with van der Waals surface area (Å²) in [7, 11) is 0. The van der Waals surface area contributed by atoms with Crippen LogP contribution in [0.4, 0.5) is 13.2 Å². The van der Waals surface area contributed by atoms with Crippen molar-refractivity contribution in [2.45, 2.75) is 32.8 Å². The molecule has 2 rings (SSSR count). The molecule has 0 spiro atoms. The fourth-order valence-electron chi connectivity index (χ4n) is 2.31. The molecule has 0 aliphatic carbocycles. The maximum absolute atomic E-state index is 12.1. The van der Waals surface area contributed by atoms with Gasteiger partial charge in [-0.25, -0.2) is 4.99 Å². The Morgan fingerprint density at radius 3 is 2.37 bits per heavy atom. The van der Waals surface area contributed by atoms with Crippen LogP contribution in [-0.2, 0) is 24.4 Å². The van der Waals surface area contributed by atoms with Crippen LogP contribution in [0.25, 0.3) is 0 Å². The van der Waals surface area contributed by atoms with Gasteiger partial charge < -0.3 is 25.5 Å². The normalized spacial score (nSPS) is 11.7. The molecule has 1 aromatic carbocycles. The summed E-state index contributed by atoms with van der Waals surface area (Å²) < 4.78 is 46.2. The van der Waals surface area contributed by atoms with Crippen molar-refractivity contribution in [3.63, 3.8) is 0 Å². The topological polar surface area (TPSA) is 102 Å². The SMILES string of the molecule is CCNC(=NCc1ccc(COCC(F)(F)F)cc1)NCc1ccc(C(N)=O)o1.I. The van der Waals surface area contributed by atoms with Gasteiger partial charge in [0.2, 0.25) is 0 Å². The summed E-state index contributed by atoms with van der Waals surface area (Å²) in [5.41, 5.74) is 6.69. The standard InChI is InChI=1S/C19H23F3N4O3.HI/c1-2-24-18(26-10-15-7-8-16(29-15)17(23)27)25-9-13-3-5-14(6-4-13)11-28-12-19(20,21)22;/h3-8H,2,9-12H2,1H3,(H2,23,27)(H2,24,25,26);1H. The van der Waals surface area contributed by atoms with E-state index in [0.29, 0.717) is 36.9 Å². The van der Waals surface area contributed by atoms with E-state index >= 15 is 0 Å². The number of nitrogens with one attached hydrogen (secondary N) is 2. The number of rotatable bonds is 9. The molecule has 0 aliphatic heterocycles. The minimum absolute atomic E-state index is 0. The van der Waals surface area contributed by atoms with Crippen molar-refractivity contribution >= 4 is 35.8 Å². The Morgan fingerprint density at radius 1 is 1.13 bits per heavy atom. The van der Waals surface area contributed by atoms with Gasteiger partial charge in [-0.05, 0) is 30.2 Å². The van der Waals surface area contributed by atoms with Gasteiger partial charge in [0.15, 0.2) is 11.7 Å². The van der Waals surface area contributed by atoms with E-state index in [0.717, 1.165) is 5.56 Å². The zero-order valence-corrected chi connectivity index (χ0v) is 18.6. The molecule has 2 aromatic rings. The maximum Gasteiger partial charge on any atom is 0.411 e. The van der Waals surface area contributed by atoms with E-state index in [9.17, 15) is 18.0 Å². The number of carbonyl (C=O) groups excluding carboxylic acids is 1. The van der Waals surface area contributed by atoms with Crippen LogP contribution in [0.1, 0.15) is 34.4 Å². The number of furan rings is 1. The zero-order valence-electron chi connectivity index (χ0n) is 16.3. The minimum Gasteiger partial charge on any atom is -0.454 e. The zero-order chi connectivity index (χ0) is 21.3. The van der Waals surface area contributed by atoms with Gasteiger partial charge in [-0.3, -0.25) is 4.79 Å². The van der Waals surface area contributed by atoms with E-state index in [1.807, 2.05) is 6.92 Å². The second kappa shape index (κ2) is 12.4. The van der Waals surface area contributed by atoms with Gasteiger partial charge in [-0.15, -0.1) is 24.0 Å². The number of halogens is 4. The number of ether oxygens (including phenoxy) is 1. The quantitative estimate of drug-likeness (QED) is 0.258. The minimum atomic E-state index is -4.33. The van der Waals surface area contributed by atoms with Gasteiger partial charge in [0.05, 0.1) is 19.7 Å². The Kier molecular flexibility index (Phi) is 10.7. The first-order valence-electron chi connectivity index (χ1n) is 8.90. The highest BCUT2D eigenvalue weighted by Gasteiger charge is 2.27. The number of benzene rings is 1. The predicted molar refractivity (Wildman–Crippen MR) is 116 cm³/mol. The van der Waals surface area contributed by atoms with Crippen LogP contribution in [0.2, 0.25) is 0 Å². The first-order valence-corrected chi connectivity index (χ1v) is 8.90. The van der Waals surface area contributed by atoms with Gasteiger partial charge in [0.25, 0.3) is 5.91 Å². The summed E-state index contributed by atoms with van der Waals surface area (Å²) >= 11 is 0. The maximum atomic E-state index is 12.1. The molecule has 1 amide bonds. The molecule has 166 valence electrons. The number of hydrogen-bond donors (Lipinski definition) is 3. The Balaban J connectivity index is 0.00000450. The summed E-state index contributed by atoms with van der Waals surface area (Å²) in [5, 5.41) is 6.16. The number of nitrogens with zero attached hydrogens (tertiary/aromatic N) is 1. The fourth-order valence-corrected chi connectivity index (χ4v) is 2.31. The molecule has 7 nitrogen and oxygen atoms in total. The van der Waals surface area contributed by atoms with Gasteiger partial charge in [0.1, 0.15) is 12.4 Å². The lowest BCUT2D eigenvalue weighted by Crippen LogP contribution is -2.36. The number of nitrogens with two attached hydrogens (primary N) is 1. The molecular formula is C19H24F3IN4O3. The van der Waals surface area contributed by atoms with E-state index in [1.165, 1.54) is 6.07 Å². The van der Waals surface area contributed by atoms with Crippen LogP contribution in [0.5, 0.6) is 0 Å². The number of alkyl halides is 3. The third-order valence-corrected chi connectivity index (χ3v) is 3.66. The van der Waals surface area contributed by atoms with Gasteiger partial charge >= 0.3 is 6.18 Å². The average molecular weight is 540 g/mol. The molecule has 4 N–H and O–H groups in total. The first-order chi connectivity index (χ1) is 13.8. The molecule has 0 saturated carbocycles. The van der Waals surface area contributed by atoms with Crippen LogP contribution in [0.3, 0.4) is 0 Å². The number of hydrogen-bond acceptors (Lipinski definition) is 4. The lowest BCUT2D eigenvalue weighted by molar-refractivity contribution is -0.176. The number of amides is 1. The van der Waals surface area contributed by atoms with Crippen molar-refractivity contribution in [1.82, 2.24) is 10.6 Å². The molecule has 0 radical (unpaired) electrons. The van der Waals surface area contributed by atoms with Crippen LogP contribution in [0.15, 0.2) is 45.8 Å². The molecule has 0 unspecified atom stereocenters. The van der Waals surface area contributed by atoms with Crippen LogP contribution in [0, 0.1) is 0 Å². The van der Waals surface area contributed by atoms with Gasteiger partial charge in [-0.2, -0.15) is 13.2 Å². The smallest absolute Gasteiger partial charge is 0.411 e. The third kappa shape index (κ3) is 9.48. The van der Waals surface area contributed by atoms with Crippen molar-refractivity contribution in [3.8, 4) is 0 Å². The number of primary amides is 1. The second-order valence-electron chi connectivity index (χ2n) is 6.10. The Hall–Kier alpha value is -2.28. The number of guanidine groups is 1. The van der Waals surface area contributed by atoms with Gasteiger partial charge in [-0.1, -0.05) is 24.3 Å². The highest BCUT2D eigenvalue weighted by molar-refractivity contribution is 14.0.